The van der Waals surface area contributed by atoms with Crippen molar-refractivity contribution < 1.29 is 4.92 Å². The summed E-state index contributed by atoms with van der Waals surface area (Å²) in [6.45, 7) is 0.883. The van der Waals surface area contributed by atoms with Crippen LogP contribution < -0.4 is 10.2 Å². The number of nitrogens with one attached hydrogen (secondary N) is 1. The van der Waals surface area contributed by atoms with E-state index < -0.39 is 4.92 Å². The summed E-state index contributed by atoms with van der Waals surface area (Å²) in [5.41, 5.74) is 1.79. The molecule has 3 aromatic rings. The van der Waals surface area contributed by atoms with Gasteiger partial charge in [-0.2, -0.15) is 0 Å². The van der Waals surface area contributed by atoms with Crippen LogP contribution >= 0.6 is 0 Å². The van der Waals surface area contributed by atoms with Crippen LogP contribution in [0.15, 0.2) is 61.2 Å². The van der Waals surface area contributed by atoms with Gasteiger partial charge in [0, 0.05) is 32.5 Å². The summed E-state index contributed by atoms with van der Waals surface area (Å²) >= 11 is 0. The molecule has 8 heteroatoms. The molecule has 0 unspecified atom stereocenters. The molecule has 2 aromatic heterocycles. The Kier molecular flexibility index (Phi) is 5.33. The van der Waals surface area contributed by atoms with Crippen LogP contribution in [-0.2, 0) is 13.1 Å². The molecule has 0 aliphatic rings. The molecule has 0 aliphatic carbocycles. The van der Waals surface area contributed by atoms with Crippen molar-refractivity contribution in [2.45, 2.75) is 13.1 Å². The SMILES string of the molecule is CN(Cc1ccccc1)c1ncnc(NCc2cccnc2)c1[N+](=O)[O-]. The second kappa shape index (κ2) is 8.02. The van der Waals surface area contributed by atoms with Crippen molar-refractivity contribution in [2.75, 3.05) is 17.3 Å². The van der Waals surface area contributed by atoms with Crippen LogP contribution in [0.2, 0.25) is 0 Å². The first-order chi connectivity index (χ1) is 12.6. The molecule has 0 fully saturated rings. The van der Waals surface area contributed by atoms with Gasteiger partial charge in [-0.3, -0.25) is 15.1 Å². The number of benzene rings is 1. The lowest BCUT2D eigenvalue weighted by molar-refractivity contribution is -0.383. The first kappa shape index (κ1) is 17.3. The standard InChI is InChI=1S/C18H18N6O2/c1-23(12-14-6-3-2-4-7-14)18-16(24(25)26)17(21-13-22-18)20-11-15-8-5-9-19-10-15/h2-10,13H,11-12H2,1H3,(H,20,21,22). The van der Waals surface area contributed by atoms with Crippen LogP contribution in [-0.4, -0.2) is 26.9 Å². The molecular weight excluding hydrogens is 332 g/mol. The Bertz CT molecular complexity index is 873. The van der Waals surface area contributed by atoms with Crippen molar-refractivity contribution in [1.29, 1.82) is 0 Å². The first-order valence-electron chi connectivity index (χ1n) is 8.02. The lowest BCUT2D eigenvalue weighted by Gasteiger charge is -2.19. The van der Waals surface area contributed by atoms with Gasteiger partial charge >= 0.3 is 5.69 Å². The van der Waals surface area contributed by atoms with E-state index in [4.69, 9.17) is 0 Å². The van der Waals surface area contributed by atoms with Crippen molar-refractivity contribution in [2.24, 2.45) is 0 Å². The molecule has 0 amide bonds. The van der Waals surface area contributed by atoms with E-state index in [1.165, 1.54) is 6.33 Å². The number of rotatable bonds is 7. The molecule has 8 nitrogen and oxygen atoms in total. The van der Waals surface area contributed by atoms with E-state index >= 15 is 0 Å². The Morgan fingerprint density at radius 3 is 2.58 bits per heavy atom. The van der Waals surface area contributed by atoms with Gasteiger partial charge in [0.25, 0.3) is 0 Å². The van der Waals surface area contributed by atoms with E-state index in [1.54, 1.807) is 24.3 Å². The Balaban J connectivity index is 1.84. The predicted molar refractivity (Wildman–Crippen MR) is 98.8 cm³/mol. The molecule has 132 valence electrons. The third-order valence-corrected chi connectivity index (χ3v) is 3.79. The minimum Gasteiger partial charge on any atom is -0.360 e. The van der Waals surface area contributed by atoms with E-state index in [2.05, 4.69) is 20.3 Å². The zero-order chi connectivity index (χ0) is 18.4. The molecule has 26 heavy (non-hydrogen) atoms. The second-order valence-corrected chi connectivity index (χ2v) is 5.71. The molecule has 3 rings (SSSR count). The van der Waals surface area contributed by atoms with E-state index in [-0.39, 0.29) is 17.3 Å². The van der Waals surface area contributed by atoms with Gasteiger partial charge in [-0.25, -0.2) is 9.97 Å². The van der Waals surface area contributed by atoms with Crippen molar-refractivity contribution >= 4 is 17.3 Å². The zero-order valence-corrected chi connectivity index (χ0v) is 14.2. The fourth-order valence-corrected chi connectivity index (χ4v) is 2.57. The molecule has 0 saturated carbocycles. The molecule has 1 aromatic carbocycles. The van der Waals surface area contributed by atoms with Crippen LogP contribution in [0.3, 0.4) is 0 Å². The highest BCUT2D eigenvalue weighted by Crippen LogP contribution is 2.32. The van der Waals surface area contributed by atoms with Crippen molar-refractivity contribution in [1.82, 2.24) is 15.0 Å². The predicted octanol–water partition coefficient (Wildman–Crippen LogP) is 3.03. The lowest BCUT2D eigenvalue weighted by Crippen LogP contribution is -2.20. The monoisotopic (exact) mass is 350 g/mol. The maximum absolute atomic E-state index is 11.7. The van der Waals surface area contributed by atoms with Gasteiger partial charge in [0.05, 0.1) is 4.92 Å². The highest BCUT2D eigenvalue weighted by atomic mass is 16.6. The van der Waals surface area contributed by atoms with E-state index in [0.29, 0.717) is 13.1 Å². The summed E-state index contributed by atoms with van der Waals surface area (Å²) in [5.74, 6) is 0.450. The van der Waals surface area contributed by atoms with E-state index in [9.17, 15) is 10.1 Å². The molecule has 0 aliphatic heterocycles. The quantitative estimate of drug-likeness (QED) is 0.516. The summed E-state index contributed by atoms with van der Waals surface area (Å²) in [4.78, 5) is 25.2. The number of nitrogens with zero attached hydrogens (tertiary/aromatic N) is 5. The largest absolute Gasteiger partial charge is 0.360 e. The van der Waals surface area contributed by atoms with Crippen LogP contribution in [0, 0.1) is 10.1 Å². The average molecular weight is 350 g/mol. The van der Waals surface area contributed by atoms with Gasteiger partial charge < -0.3 is 10.2 Å². The van der Waals surface area contributed by atoms with Gasteiger partial charge in [-0.15, -0.1) is 0 Å². The summed E-state index contributed by atoms with van der Waals surface area (Å²) in [6.07, 6.45) is 4.70. The minimum absolute atomic E-state index is 0.144. The molecule has 0 radical (unpaired) electrons. The van der Waals surface area contributed by atoms with Crippen LogP contribution in [0.1, 0.15) is 11.1 Å². The third kappa shape index (κ3) is 4.10. The number of pyridine rings is 1. The van der Waals surface area contributed by atoms with Gasteiger partial charge in [-0.05, 0) is 17.2 Å². The van der Waals surface area contributed by atoms with Gasteiger partial charge in [0.15, 0.2) is 0 Å². The van der Waals surface area contributed by atoms with Crippen molar-refractivity contribution in [3.63, 3.8) is 0 Å². The number of anilines is 2. The first-order valence-corrected chi connectivity index (χ1v) is 8.02. The smallest absolute Gasteiger partial charge is 0.353 e. The topological polar surface area (TPSA) is 97.1 Å². The van der Waals surface area contributed by atoms with Crippen molar-refractivity contribution in [3.8, 4) is 0 Å². The van der Waals surface area contributed by atoms with Crippen molar-refractivity contribution in [3.05, 3.63) is 82.4 Å². The summed E-state index contributed by atoms with van der Waals surface area (Å²) in [5, 5.41) is 14.7. The van der Waals surface area contributed by atoms with Gasteiger partial charge in [0.1, 0.15) is 6.33 Å². The Morgan fingerprint density at radius 2 is 1.88 bits per heavy atom. The van der Waals surface area contributed by atoms with Gasteiger partial charge in [0.2, 0.25) is 11.6 Å². The number of hydrogen-bond acceptors (Lipinski definition) is 7. The number of aromatic nitrogens is 3. The number of nitro groups is 1. The molecule has 0 saturated heterocycles. The van der Waals surface area contributed by atoms with E-state index in [0.717, 1.165) is 11.1 Å². The fraction of sp³-hybridized carbons (Fsp3) is 0.167. The molecular formula is C18H18N6O2. The fourth-order valence-electron chi connectivity index (χ4n) is 2.57. The molecule has 1 N–H and O–H groups in total. The summed E-state index contributed by atoms with van der Waals surface area (Å²) in [7, 11) is 1.77. The minimum atomic E-state index is -0.456. The molecule has 0 atom stereocenters. The summed E-state index contributed by atoms with van der Waals surface area (Å²) < 4.78 is 0. The molecule has 0 spiro atoms. The van der Waals surface area contributed by atoms with Crippen LogP contribution in [0.5, 0.6) is 0 Å². The summed E-state index contributed by atoms with van der Waals surface area (Å²) in [6, 6.07) is 13.4. The Hall–Kier alpha value is -3.55. The van der Waals surface area contributed by atoms with Gasteiger partial charge in [-0.1, -0.05) is 36.4 Å². The maximum atomic E-state index is 11.7. The molecule has 0 bridgehead atoms. The van der Waals surface area contributed by atoms with Crippen LogP contribution in [0.4, 0.5) is 17.3 Å². The third-order valence-electron chi connectivity index (χ3n) is 3.79. The zero-order valence-electron chi connectivity index (χ0n) is 14.2. The van der Waals surface area contributed by atoms with E-state index in [1.807, 2.05) is 42.5 Å². The Labute approximate surface area is 150 Å². The normalized spacial score (nSPS) is 10.3. The second-order valence-electron chi connectivity index (χ2n) is 5.71. The maximum Gasteiger partial charge on any atom is 0.353 e. The Morgan fingerprint density at radius 1 is 1.12 bits per heavy atom. The highest BCUT2D eigenvalue weighted by molar-refractivity contribution is 5.70. The van der Waals surface area contributed by atoms with Crippen LogP contribution in [0.25, 0.3) is 0 Å². The number of hydrogen-bond donors (Lipinski definition) is 1. The molecule has 2 heterocycles. The highest BCUT2D eigenvalue weighted by Gasteiger charge is 2.25. The average Bonchev–Trinajstić information content (AvgIpc) is 2.67. The lowest BCUT2D eigenvalue weighted by atomic mass is 10.2.